The predicted molar refractivity (Wildman–Crippen MR) is 77.0 cm³/mol. The minimum absolute atomic E-state index is 0.0991. The van der Waals surface area contributed by atoms with Crippen molar-refractivity contribution < 1.29 is 9.13 Å². The fourth-order valence-electron chi connectivity index (χ4n) is 1.51. The van der Waals surface area contributed by atoms with Gasteiger partial charge in [-0.15, -0.1) is 11.6 Å². The number of amidine groups is 1. The van der Waals surface area contributed by atoms with Crippen LogP contribution in [0.1, 0.15) is 5.56 Å². The van der Waals surface area contributed by atoms with Crippen LogP contribution in [0.5, 0.6) is 5.75 Å². The third-order valence-corrected chi connectivity index (χ3v) is 2.74. The summed E-state index contributed by atoms with van der Waals surface area (Å²) in [6, 6.07) is 7.98. The number of aromatic nitrogens is 1. The first-order chi connectivity index (χ1) is 9.69. The van der Waals surface area contributed by atoms with E-state index in [0.29, 0.717) is 5.69 Å². The van der Waals surface area contributed by atoms with Crippen molar-refractivity contribution in [2.45, 2.75) is 6.61 Å². The molecule has 0 fully saturated rings. The van der Waals surface area contributed by atoms with Crippen molar-refractivity contribution in [3.05, 3.63) is 54.1 Å². The Morgan fingerprint density at radius 2 is 2.05 bits per heavy atom. The Kier molecular flexibility index (Phi) is 4.90. The van der Waals surface area contributed by atoms with E-state index >= 15 is 0 Å². The zero-order chi connectivity index (χ0) is 14.4. The van der Waals surface area contributed by atoms with Crippen molar-refractivity contribution in [2.24, 2.45) is 10.7 Å². The molecule has 0 aliphatic rings. The number of ether oxygens (including phenoxy) is 1. The molecule has 0 atom stereocenters. The monoisotopic (exact) mass is 293 g/mol. The van der Waals surface area contributed by atoms with Crippen molar-refractivity contribution in [3.8, 4) is 5.75 Å². The highest BCUT2D eigenvalue weighted by Gasteiger charge is 2.05. The van der Waals surface area contributed by atoms with Gasteiger partial charge in [0.15, 0.2) is 11.6 Å². The Morgan fingerprint density at radius 1 is 1.30 bits per heavy atom. The van der Waals surface area contributed by atoms with Crippen molar-refractivity contribution in [1.82, 2.24) is 4.98 Å². The minimum Gasteiger partial charge on any atom is -0.486 e. The van der Waals surface area contributed by atoms with Crippen LogP contribution in [-0.4, -0.2) is 16.7 Å². The van der Waals surface area contributed by atoms with Gasteiger partial charge in [-0.1, -0.05) is 0 Å². The van der Waals surface area contributed by atoms with Crippen LogP contribution in [0.25, 0.3) is 0 Å². The molecule has 0 saturated heterocycles. The van der Waals surface area contributed by atoms with E-state index in [0.717, 1.165) is 5.56 Å². The van der Waals surface area contributed by atoms with E-state index in [1.165, 1.54) is 12.1 Å². The van der Waals surface area contributed by atoms with E-state index in [1.807, 2.05) is 0 Å². The largest absolute Gasteiger partial charge is 0.486 e. The highest BCUT2D eigenvalue weighted by Crippen LogP contribution is 2.23. The van der Waals surface area contributed by atoms with Crippen molar-refractivity contribution in [2.75, 3.05) is 5.88 Å². The summed E-state index contributed by atoms with van der Waals surface area (Å²) in [5.41, 5.74) is 6.80. The molecule has 0 spiro atoms. The molecule has 1 heterocycles. The van der Waals surface area contributed by atoms with Gasteiger partial charge >= 0.3 is 0 Å². The van der Waals surface area contributed by atoms with Crippen LogP contribution >= 0.6 is 11.6 Å². The van der Waals surface area contributed by atoms with Gasteiger partial charge in [0.2, 0.25) is 0 Å². The van der Waals surface area contributed by atoms with Crippen molar-refractivity contribution in [3.63, 3.8) is 0 Å². The first-order valence-corrected chi connectivity index (χ1v) is 6.43. The summed E-state index contributed by atoms with van der Waals surface area (Å²) in [5, 5.41) is 0. The van der Waals surface area contributed by atoms with E-state index in [-0.39, 0.29) is 24.1 Å². The van der Waals surface area contributed by atoms with Gasteiger partial charge in [-0.3, -0.25) is 4.98 Å². The number of alkyl halides is 1. The number of halogens is 2. The molecule has 6 heteroatoms. The average Bonchev–Trinajstić information content (AvgIpc) is 2.47. The number of nitrogens with two attached hydrogens (primary N) is 1. The molecule has 0 unspecified atom stereocenters. The van der Waals surface area contributed by atoms with Crippen LogP contribution in [0.15, 0.2) is 47.7 Å². The molecule has 0 bridgehead atoms. The first-order valence-electron chi connectivity index (χ1n) is 5.89. The van der Waals surface area contributed by atoms with Gasteiger partial charge in [-0.25, -0.2) is 9.38 Å². The molecule has 2 aromatic rings. The minimum atomic E-state index is -0.498. The van der Waals surface area contributed by atoms with E-state index < -0.39 is 5.82 Å². The van der Waals surface area contributed by atoms with Crippen LogP contribution in [0.2, 0.25) is 0 Å². The SMILES string of the molecule is NC(CCl)=Nc1ccc(OCc2ccncc2)c(F)c1. The Labute approximate surface area is 121 Å². The fraction of sp³-hybridized carbons (Fsp3) is 0.143. The number of hydrogen-bond donors (Lipinski definition) is 1. The molecule has 20 heavy (non-hydrogen) atoms. The maximum atomic E-state index is 13.8. The molecule has 0 amide bonds. The maximum absolute atomic E-state index is 13.8. The summed E-state index contributed by atoms with van der Waals surface area (Å²) >= 11 is 5.51. The van der Waals surface area contributed by atoms with Gasteiger partial charge in [-0.2, -0.15) is 0 Å². The van der Waals surface area contributed by atoms with Gasteiger partial charge in [0.1, 0.15) is 12.4 Å². The molecule has 0 saturated carbocycles. The summed E-state index contributed by atoms with van der Waals surface area (Å²) in [6.45, 7) is 0.270. The van der Waals surface area contributed by atoms with E-state index in [9.17, 15) is 4.39 Å². The molecule has 4 nitrogen and oxygen atoms in total. The van der Waals surface area contributed by atoms with Crippen LogP contribution in [0, 0.1) is 5.82 Å². The number of nitrogens with zero attached hydrogens (tertiary/aromatic N) is 2. The summed E-state index contributed by atoms with van der Waals surface area (Å²) in [7, 11) is 0. The smallest absolute Gasteiger partial charge is 0.167 e. The fourth-order valence-corrected chi connectivity index (χ4v) is 1.57. The van der Waals surface area contributed by atoms with Gasteiger partial charge in [0.25, 0.3) is 0 Å². The van der Waals surface area contributed by atoms with E-state index in [1.54, 1.807) is 30.6 Å². The highest BCUT2D eigenvalue weighted by molar-refractivity contribution is 6.28. The van der Waals surface area contributed by atoms with Crippen LogP contribution in [-0.2, 0) is 6.61 Å². The summed E-state index contributed by atoms with van der Waals surface area (Å²) in [4.78, 5) is 7.85. The number of pyridine rings is 1. The van der Waals surface area contributed by atoms with Crippen molar-refractivity contribution >= 4 is 23.1 Å². The summed E-state index contributed by atoms with van der Waals surface area (Å²) in [6.07, 6.45) is 3.31. The van der Waals surface area contributed by atoms with E-state index in [4.69, 9.17) is 22.1 Å². The van der Waals surface area contributed by atoms with Gasteiger partial charge in [0, 0.05) is 18.5 Å². The molecule has 104 valence electrons. The molecule has 0 radical (unpaired) electrons. The lowest BCUT2D eigenvalue weighted by Gasteiger charge is -2.07. The Hall–Kier alpha value is -2.14. The Morgan fingerprint density at radius 3 is 2.70 bits per heavy atom. The number of rotatable bonds is 5. The second-order valence-electron chi connectivity index (χ2n) is 4.00. The number of aliphatic imine (C=N–C) groups is 1. The highest BCUT2D eigenvalue weighted by atomic mass is 35.5. The quantitative estimate of drug-likeness (QED) is 0.524. The number of benzene rings is 1. The molecule has 0 aliphatic carbocycles. The third-order valence-electron chi connectivity index (χ3n) is 2.47. The molecule has 1 aromatic carbocycles. The lowest BCUT2D eigenvalue weighted by Crippen LogP contribution is -2.12. The normalized spacial score (nSPS) is 11.4. The lowest BCUT2D eigenvalue weighted by atomic mass is 10.2. The molecular formula is C14H13ClFN3O. The Bertz CT molecular complexity index is 605. The second kappa shape index (κ2) is 6.86. The molecule has 2 rings (SSSR count). The molecular weight excluding hydrogens is 281 g/mol. The zero-order valence-electron chi connectivity index (χ0n) is 10.6. The van der Waals surface area contributed by atoms with Crippen LogP contribution in [0.4, 0.5) is 10.1 Å². The maximum Gasteiger partial charge on any atom is 0.167 e. The molecule has 0 aliphatic heterocycles. The Balaban J connectivity index is 2.06. The second-order valence-corrected chi connectivity index (χ2v) is 4.26. The predicted octanol–water partition coefficient (Wildman–Crippen LogP) is 3.03. The molecule has 1 aromatic heterocycles. The van der Waals surface area contributed by atoms with Gasteiger partial charge < -0.3 is 10.5 Å². The van der Waals surface area contributed by atoms with Crippen molar-refractivity contribution in [1.29, 1.82) is 0 Å². The summed E-state index contributed by atoms with van der Waals surface area (Å²) < 4.78 is 19.2. The van der Waals surface area contributed by atoms with Crippen LogP contribution in [0.3, 0.4) is 0 Å². The van der Waals surface area contributed by atoms with Gasteiger partial charge in [0.05, 0.1) is 11.6 Å². The van der Waals surface area contributed by atoms with Gasteiger partial charge in [-0.05, 0) is 29.8 Å². The number of hydrogen-bond acceptors (Lipinski definition) is 3. The van der Waals surface area contributed by atoms with Crippen LogP contribution < -0.4 is 10.5 Å². The molecule has 2 N–H and O–H groups in total. The first kappa shape index (κ1) is 14.3. The topological polar surface area (TPSA) is 60.5 Å². The lowest BCUT2D eigenvalue weighted by molar-refractivity contribution is 0.290. The standard InChI is InChI=1S/C14H13ClFN3O/c15-8-14(17)19-11-1-2-13(12(16)7-11)20-9-10-3-5-18-6-4-10/h1-7H,8-9H2,(H2,17,19). The average molecular weight is 294 g/mol. The third kappa shape index (κ3) is 3.93. The zero-order valence-corrected chi connectivity index (χ0v) is 11.3. The summed E-state index contributed by atoms with van der Waals surface area (Å²) in [5.74, 6) is -0.00791. The van der Waals surface area contributed by atoms with E-state index in [2.05, 4.69) is 9.98 Å².